The largest absolute Gasteiger partial charge is 0.416 e. The molecule has 28 heavy (non-hydrogen) atoms. The number of oxime groups is 1. The quantitative estimate of drug-likeness (QED) is 0.548. The molecule has 2 aliphatic rings. The average molecular weight is 382 g/mol. The Hall–Kier alpha value is -2.89. The Bertz CT molecular complexity index is 1090. The molecule has 3 aromatic rings. The van der Waals surface area contributed by atoms with E-state index in [0.717, 1.165) is 53.6 Å². The van der Waals surface area contributed by atoms with E-state index in [1.807, 2.05) is 24.3 Å². The first-order valence-electron chi connectivity index (χ1n) is 9.26. The molecule has 0 bridgehead atoms. The van der Waals surface area contributed by atoms with Gasteiger partial charge in [0.25, 0.3) is 0 Å². The van der Waals surface area contributed by atoms with Crippen molar-refractivity contribution in [1.82, 2.24) is 4.98 Å². The lowest BCUT2D eigenvalue weighted by Crippen LogP contribution is -2.31. The van der Waals surface area contributed by atoms with Gasteiger partial charge >= 0.3 is 6.18 Å². The molecule has 2 heterocycles. The summed E-state index contributed by atoms with van der Waals surface area (Å²) in [4.78, 5) is 10.8. The maximum absolute atomic E-state index is 12.8. The number of halogens is 3. The third-order valence-electron chi connectivity index (χ3n) is 5.62. The second kappa shape index (κ2) is 6.06. The summed E-state index contributed by atoms with van der Waals surface area (Å²) in [7, 11) is 0. The van der Waals surface area contributed by atoms with Crippen molar-refractivity contribution in [3.8, 4) is 0 Å². The summed E-state index contributed by atoms with van der Waals surface area (Å²) in [5, 5.41) is 5.31. The third kappa shape index (κ3) is 2.75. The first-order chi connectivity index (χ1) is 13.4. The summed E-state index contributed by atoms with van der Waals surface area (Å²) in [5.74, 6) is 0. The van der Waals surface area contributed by atoms with Crippen LogP contribution < -0.4 is 0 Å². The molecule has 1 aliphatic carbocycles. The predicted molar refractivity (Wildman–Crippen MR) is 100 cm³/mol. The lowest BCUT2D eigenvalue weighted by Gasteiger charge is -2.32. The molecule has 6 heteroatoms. The lowest BCUT2D eigenvalue weighted by atomic mass is 9.77. The lowest BCUT2D eigenvalue weighted by molar-refractivity contribution is -0.137. The van der Waals surface area contributed by atoms with E-state index in [1.165, 1.54) is 12.1 Å². The Morgan fingerprint density at radius 1 is 1.00 bits per heavy atom. The van der Waals surface area contributed by atoms with Gasteiger partial charge in [-0.05, 0) is 49.1 Å². The van der Waals surface area contributed by atoms with Crippen molar-refractivity contribution < 1.29 is 18.0 Å². The first-order valence-corrected chi connectivity index (χ1v) is 9.26. The summed E-state index contributed by atoms with van der Waals surface area (Å²) >= 11 is 0. The van der Waals surface area contributed by atoms with Gasteiger partial charge in [-0.2, -0.15) is 13.2 Å². The highest BCUT2D eigenvalue weighted by Crippen LogP contribution is 2.45. The molecule has 1 spiro atoms. The van der Waals surface area contributed by atoms with Gasteiger partial charge in [-0.25, -0.2) is 0 Å². The van der Waals surface area contributed by atoms with E-state index < -0.39 is 17.3 Å². The van der Waals surface area contributed by atoms with Gasteiger partial charge in [0.05, 0.1) is 16.8 Å². The van der Waals surface area contributed by atoms with E-state index >= 15 is 0 Å². The average Bonchev–Trinajstić information content (AvgIpc) is 3.11. The second-order valence-corrected chi connectivity index (χ2v) is 7.40. The molecule has 1 aromatic heterocycles. The SMILES string of the molecule is FC(F)(F)c1ccc(C2=NO[C@@]3(CCCc4nc5ccccc5cc43)C2)cc1. The maximum atomic E-state index is 12.8. The molecule has 3 nitrogen and oxygen atoms in total. The zero-order valence-electron chi connectivity index (χ0n) is 15.0. The van der Waals surface area contributed by atoms with E-state index in [-0.39, 0.29) is 0 Å². The number of para-hydroxylation sites is 1. The van der Waals surface area contributed by atoms with E-state index in [9.17, 15) is 13.2 Å². The van der Waals surface area contributed by atoms with Crippen LogP contribution in [0.15, 0.2) is 59.8 Å². The number of fused-ring (bicyclic) bond motifs is 3. The molecule has 1 atom stereocenters. The normalized spacial score (nSPS) is 21.5. The Morgan fingerprint density at radius 2 is 1.79 bits per heavy atom. The molecule has 5 rings (SSSR count). The van der Waals surface area contributed by atoms with Gasteiger partial charge in [-0.15, -0.1) is 0 Å². The van der Waals surface area contributed by atoms with Crippen molar-refractivity contribution in [3.63, 3.8) is 0 Å². The molecule has 0 saturated heterocycles. The van der Waals surface area contributed by atoms with Crippen LogP contribution >= 0.6 is 0 Å². The van der Waals surface area contributed by atoms with Crippen LogP contribution in [0, 0.1) is 0 Å². The van der Waals surface area contributed by atoms with Gasteiger partial charge in [-0.3, -0.25) is 4.98 Å². The molecular formula is C22H17F3N2O. The highest BCUT2D eigenvalue weighted by Gasteiger charge is 2.45. The number of benzene rings is 2. The van der Waals surface area contributed by atoms with Crippen LogP contribution in [-0.4, -0.2) is 10.7 Å². The minimum Gasteiger partial charge on any atom is -0.384 e. The van der Waals surface area contributed by atoms with Crippen molar-refractivity contribution in [1.29, 1.82) is 0 Å². The van der Waals surface area contributed by atoms with Crippen LogP contribution in [0.5, 0.6) is 0 Å². The molecule has 2 aromatic carbocycles. The van der Waals surface area contributed by atoms with Gasteiger partial charge in [-0.1, -0.05) is 35.5 Å². The Kier molecular flexibility index (Phi) is 3.73. The Balaban J connectivity index is 1.49. The molecule has 142 valence electrons. The number of hydrogen-bond acceptors (Lipinski definition) is 3. The zero-order valence-corrected chi connectivity index (χ0v) is 15.0. The summed E-state index contributed by atoms with van der Waals surface area (Å²) in [6.45, 7) is 0. The predicted octanol–water partition coefficient (Wildman–Crippen LogP) is 5.61. The maximum Gasteiger partial charge on any atom is 0.416 e. The van der Waals surface area contributed by atoms with Gasteiger partial charge < -0.3 is 4.84 Å². The smallest absolute Gasteiger partial charge is 0.384 e. The van der Waals surface area contributed by atoms with Gasteiger partial charge in [0, 0.05) is 23.1 Å². The van der Waals surface area contributed by atoms with Crippen LogP contribution in [-0.2, 0) is 23.0 Å². The van der Waals surface area contributed by atoms with Gasteiger partial charge in [0.2, 0.25) is 0 Å². The van der Waals surface area contributed by atoms with Crippen LogP contribution in [0.1, 0.15) is 41.6 Å². The number of aromatic nitrogens is 1. The summed E-state index contributed by atoms with van der Waals surface area (Å²) in [6.07, 6.45) is -1.17. The van der Waals surface area contributed by atoms with Gasteiger partial charge in [0.1, 0.15) is 0 Å². The minimum absolute atomic E-state index is 0.533. The topological polar surface area (TPSA) is 34.5 Å². The molecule has 0 radical (unpaired) electrons. The molecule has 0 N–H and O–H groups in total. The van der Waals surface area contributed by atoms with Crippen molar-refractivity contribution in [2.24, 2.45) is 5.16 Å². The second-order valence-electron chi connectivity index (χ2n) is 7.40. The molecular weight excluding hydrogens is 365 g/mol. The number of hydrogen-bond donors (Lipinski definition) is 0. The minimum atomic E-state index is -4.34. The molecule has 1 aliphatic heterocycles. The van der Waals surface area contributed by atoms with Crippen molar-refractivity contribution >= 4 is 16.6 Å². The first kappa shape index (κ1) is 17.2. The highest BCUT2D eigenvalue weighted by atomic mass is 19.4. The van der Waals surface area contributed by atoms with E-state index in [0.29, 0.717) is 17.7 Å². The monoisotopic (exact) mass is 382 g/mol. The number of rotatable bonds is 1. The third-order valence-corrected chi connectivity index (χ3v) is 5.62. The van der Waals surface area contributed by atoms with Gasteiger partial charge in [0.15, 0.2) is 5.60 Å². The van der Waals surface area contributed by atoms with Crippen LogP contribution in [0.25, 0.3) is 10.9 Å². The number of pyridine rings is 1. The molecule has 0 unspecified atom stereocenters. The number of nitrogens with zero attached hydrogens (tertiary/aromatic N) is 2. The Morgan fingerprint density at radius 3 is 2.57 bits per heavy atom. The molecule has 0 fully saturated rings. The van der Waals surface area contributed by atoms with Crippen molar-refractivity contribution in [2.75, 3.05) is 0 Å². The van der Waals surface area contributed by atoms with Crippen LogP contribution in [0.3, 0.4) is 0 Å². The highest BCUT2D eigenvalue weighted by molar-refractivity contribution is 6.02. The van der Waals surface area contributed by atoms with Crippen LogP contribution in [0.4, 0.5) is 13.2 Å². The fourth-order valence-corrected chi connectivity index (χ4v) is 4.18. The van der Waals surface area contributed by atoms with E-state index in [1.54, 1.807) is 0 Å². The summed E-state index contributed by atoms with van der Waals surface area (Å²) in [5.41, 5.74) is 3.12. The zero-order chi connectivity index (χ0) is 19.4. The molecule has 0 saturated carbocycles. The summed E-state index contributed by atoms with van der Waals surface area (Å²) < 4.78 is 38.4. The van der Waals surface area contributed by atoms with E-state index in [2.05, 4.69) is 11.2 Å². The van der Waals surface area contributed by atoms with E-state index in [4.69, 9.17) is 9.82 Å². The summed E-state index contributed by atoms with van der Waals surface area (Å²) in [6, 6.07) is 15.2. The Labute approximate surface area is 159 Å². The van der Waals surface area contributed by atoms with Crippen LogP contribution in [0.2, 0.25) is 0 Å². The molecule has 0 amide bonds. The fraction of sp³-hybridized carbons (Fsp3) is 0.273. The number of alkyl halides is 3. The van der Waals surface area contributed by atoms with Crippen molar-refractivity contribution in [2.45, 2.75) is 37.5 Å². The standard InChI is InChI=1S/C22H17F3N2O/c23-22(24,25)16-9-7-14(8-10-16)20-13-21(28-27-20)11-3-6-19-17(21)12-15-4-1-2-5-18(15)26-19/h1-2,4-5,7-10,12H,3,6,11,13H2/t21-/m0/s1. The fourth-order valence-electron chi connectivity index (χ4n) is 4.18. The number of aryl methyl sites for hydroxylation is 1. The van der Waals surface area contributed by atoms with Crippen molar-refractivity contribution in [3.05, 3.63) is 77.0 Å².